The average Bonchev–Trinajstić information content (AvgIpc) is 2.75. The molecular formula is C15H14O. The lowest BCUT2D eigenvalue weighted by Crippen LogP contribution is -1.96. The first-order valence-electron chi connectivity index (χ1n) is 5.60. The Labute approximate surface area is 95.4 Å². The molecule has 1 heteroatoms. The summed E-state index contributed by atoms with van der Waals surface area (Å²) < 4.78 is 5.76. The van der Waals surface area contributed by atoms with E-state index in [9.17, 15) is 0 Å². The second-order valence-corrected chi connectivity index (χ2v) is 4.32. The topological polar surface area (TPSA) is 9.23 Å². The van der Waals surface area contributed by atoms with Gasteiger partial charge in [0.1, 0.15) is 0 Å². The Morgan fingerprint density at radius 2 is 1.88 bits per heavy atom. The van der Waals surface area contributed by atoms with Crippen molar-refractivity contribution in [3.63, 3.8) is 0 Å². The molecule has 1 aliphatic heterocycles. The fourth-order valence-electron chi connectivity index (χ4n) is 2.33. The van der Waals surface area contributed by atoms with Gasteiger partial charge in [-0.25, -0.2) is 0 Å². The Morgan fingerprint density at radius 3 is 2.69 bits per heavy atom. The summed E-state index contributed by atoms with van der Waals surface area (Å²) in [5.41, 5.74) is 2.48. The molecule has 1 aliphatic rings. The molecule has 0 saturated carbocycles. The van der Waals surface area contributed by atoms with Crippen molar-refractivity contribution < 1.29 is 4.74 Å². The molecule has 0 aliphatic carbocycles. The molecule has 1 atom stereocenters. The Balaban J connectivity index is 2.13. The number of rotatable bonds is 1. The molecule has 1 nitrogen and oxygen atoms in total. The van der Waals surface area contributed by atoms with E-state index in [-0.39, 0.29) is 6.10 Å². The van der Waals surface area contributed by atoms with Crippen molar-refractivity contribution >= 4 is 10.8 Å². The molecule has 80 valence electrons. The van der Waals surface area contributed by atoms with Crippen molar-refractivity contribution in [2.24, 2.45) is 0 Å². The molecule has 0 N–H and O–H groups in total. The minimum absolute atomic E-state index is 0.193. The first-order valence-corrected chi connectivity index (χ1v) is 5.60. The van der Waals surface area contributed by atoms with Crippen molar-refractivity contribution in [2.45, 2.75) is 12.5 Å². The van der Waals surface area contributed by atoms with Gasteiger partial charge in [0.05, 0.1) is 12.7 Å². The van der Waals surface area contributed by atoms with E-state index in [1.165, 1.54) is 21.9 Å². The smallest absolute Gasteiger partial charge is 0.0873 e. The van der Waals surface area contributed by atoms with Gasteiger partial charge in [-0.1, -0.05) is 49.0 Å². The molecule has 0 aromatic heterocycles. The molecule has 3 rings (SSSR count). The molecule has 1 fully saturated rings. The van der Waals surface area contributed by atoms with E-state index in [0.717, 1.165) is 6.42 Å². The van der Waals surface area contributed by atoms with Crippen LogP contribution in [0.2, 0.25) is 0 Å². The summed E-state index contributed by atoms with van der Waals surface area (Å²) >= 11 is 0. The Kier molecular flexibility index (Phi) is 2.26. The highest BCUT2D eigenvalue weighted by Gasteiger charge is 2.21. The maximum Gasteiger partial charge on any atom is 0.0873 e. The minimum Gasteiger partial charge on any atom is -0.369 e. The predicted molar refractivity (Wildman–Crippen MR) is 66.4 cm³/mol. The van der Waals surface area contributed by atoms with Gasteiger partial charge in [0.15, 0.2) is 0 Å². The standard InChI is InChI=1S/C15H14O/c1-11-9-15(16-10-11)14-8-4-6-12-5-2-3-7-13(12)14/h2-8,15H,1,9-10H2. The molecule has 1 saturated heterocycles. The van der Waals surface area contributed by atoms with Crippen molar-refractivity contribution in [1.82, 2.24) is 0 Å². The Hall–Kier alpha value is -1.60. The Bertz CT molecular complexity index is 537. The average molecular weight is 210 g/mol. The Morgan fingerprint density at radius 1 is 1.06 bits per heavy atom. The zero-order chi connectivity index (χ0) is 11.0. The zero-order valence-corrected chi connectivity index (χ0v) is 9.15. The van der Waals surface area contributed by atoms with Crippen LogP contribution >= 0.6 is 0 Å². The van der Waals surface area contributed by atoms with Crippen LogP contribution in [-0.2, 0) is 4.74 Å². The molecule has 2 aromatic carbocycles. The quantitative estimate of drug-likeness (QED) is 0.649. The maximum atomic E-state index is 5.76. The lowest BCUT2D eigenvalue weighted by Gasteiger charge is -2.12. The third-order valence-corrected chi connectivity index (χ3v) is 3.13. The van der Waals surface area contributed by atoms with E-state index in [1.54, 1.807) is 0 Å². The molecular weight excluding hydrogens is 196 g/mol. The van der Waals surface area contributed by atoms with Gasteiger partial charge >= 0.3 is 0 Å². The van der Waals surface area contributed by atoms with Gasteiger partial charge < -0.3 is 4.74 Å². The zero-order valence-electron chi connectivity index (χ0n) is 9.15. The van der Waals surface area contributed by atoms with Gasteiger partial charge in [-0.05, 0) is 21.9 Å². The van der Waals surface area contributed by atoms with E-state index in [4.69, 9.17) is 4.74 Å². The summed E-state index contributed by atoms with van der Waals surface area (Å²) in [5, 5.41) is 2.57. The summed E-state index contributed by atoms with van der Waals surface area (Å²) in [6, 6.07) is 14.9. The van der Waals surface area contributed by atoms with E-state index in [1.807, 2.05) is 0 Å². The number of hydrogen-bond donors (Lipinski definition) is 0. The fourth-order valence-corrected chi connectivity index (χ4v) is 2.33. The highest BCUT2D eigenvalue weighted by Crippen LogP contribution is 2.34. The minimum atomic E-state index is 0.193. The molecule has 0 bridgehead atoms. The predicted octanol–water partition coefficient (Wildman–Crippen LogP) is 3.86. The van der Waals surface area contributed by atoms with Crippen LogP contribution in [0.4, 0.5) is 0 Å². The van der Waals surface area contributed by atoms with E-state index in [0.29, 0.717) is 6.61 Å². The van der Waals surface area contributed by atoms with Gasteiger partial charge in [0.25, 0.3) is 0 Å². The number of fused-ring (bicyclic) bond motifs is 1. The van der Waals surface area contributed by atoms with E-state index in [2.05, 4.69) is 49.0 Å². The second kappa shape index (κ2) is 3.76. The number of hydrogen-bond acceptors (Lipinski definition) is 1. The van der Waals surface area contributed by atoms with Crippen LogP contribution in [0, 0.1) is 0 Å². The summed E-state index contributed by atoms with van der Waals surface area (Å²) in [6.07, 6.45) is 1.15. The SMILES string of the molecule is C=C1COC(c2cccc3ccccc23)C1. The second-order valence-electron chi connectivity index (χ2n) is 4.32. The third-order valence-electron chi connectivity index (χ3n) is 3.13. The van der Waals surface area contributed by atoms with Gasteiger partial charge in [0.2, 0.25) is 0 Å². The molecule has 16 heavy (non-hydrogen) atoms. The van der Waals surface area contributed by atoms with E-state index < -0.39 is 0 Å². The highest BCUT2D eigenvalue weighted by molar-refractivity contribution is 5.86. The van der Waals surface area contributed by atoms with Crippen LogP contribution in [0.3, 0.4) is 0 Å². The van der Waals surface area contributed by atoms with Crippen LogP contribution < -0.4 is 0 Å². The first-order chi connectivity index (χ1) is 7.84. The monoisotopic (exact) mass is 210 g/mol. The van der Waals surface area contributed by atoms with Crippen LogP contribution in [0.1, 0.15) is 18.1 Å². The molecule has 1 unspecified atom stereocenters. The lowest BCUT2D eigenvalue weighted by atomic mass is 9.98. The van der Waals surface area contributed by atoms with Crippen molar-refractivity contribution in [3.05, 3.63) is 60.2 Å². The summed E-state index contributed by atoms with van der Waals surface area (Å²) in [6.45, 7) is 4.69. The lowest BCUT2D eigenvalue weighted by molar-refractivity contribution is 0.116. The first kappa shape index (κ1) is 9.61. The van der Waals surface area contributed by atoms with Crippen molar-refractivity contribution in [2.75, 3.05) is 6.61 Å². The van der Waals surface area contributed by atoms with Crippen LogP contribution in [0.25, 0.3) is 10.8 Å². The van der Waals surface area contributed by atoms with Crippen molar-refractivity contribution in [3.8, 4) is 0 Å². The summed E-state index contributed by atoms with van der Waals surface area (Å²) in [4.78, 5) is 0. The van der Waals surface area contributed by atoms with Gasteiger partial charge in [-0.3, -0.25) is 0 Å². The number of ether oxygens (including phenoxy) is 1. The largest absolute Gasteiger partial charge is 0.369 e. The maximum absolute atomic E-state index is 5.76. The highest BCUT2D eigenvalue weighted by atomic mass is 16.5. The van der Waals surface area contributed by atoms with E-state index >= 15 is 0 Å². The summed E-state index contributed by atoms with van der Waals surface area (Å²) in [5.74, 6) is 0. The van der Waals surface area contributed by atoms with Crippen LogP contribution in [0.15, 0.2) is 54.6 Å². The third kappa shape index (κ3) is 1.54. The molecule has 2 aromatic rings. The van der Waals surface area contributed by atoms with Crippen LogP contribution in [0.5, 0.6) is 0 Å². The van der Waals surface area contributed by atoms with Crippen LogP contribution in [-0.4, -0.2) is 6.61 Å². The van der Waals surface area contributed by atoms with Gasteiger partial charge in [-0.2, -0.15) is 0 Å². The molecule has 0 radical (unpaired) electrons. The fraction of sp³-hybridized carbons (Fsp3) is 0.200. The molecule has 0 amide bonds. The summed E-state index contributed by atoms with van der Waals surface area (Å²) in [7, 11) is 0. The van der Waals surface area contributed by atoms with Gasteiger partial charge in [0, 0.05) is 6.42 Å². The molecule has 1 heterocycles. The molecule has 0 spiro atoms. The van der Waals surface area contributed by atoms with Crippen molar-refractivity contribution in [1.29, 1.82) is 0 Å². The normalized spacial score (nSPS) is 20.5. The van der Waals surface area contributed by atoms with Gasteiger partial charge in [-0.15, -0.1) is 0 Å². The number of benzene rings is 2.